The van der Waals surface area contributed by atoms with E-state index in [2.05, 4.69) is 5.32 Å². The second-order valence-electron chi connectivity index (χ2n) is 6.28. The molecule has 3 rings (SSSR count). The number of carbonyl (C=O) groups is 1. The Morgan fingerprint density at radius 1 is 1.36 bits per heavy atom. The van der Waals surface area contributed by atoms with E-state index in [4.69, 9.17) is 14.2 Å². The monoisotopic (exact) mass is 370 g/mol. The lowest BCUT2D eigenvalue weighted by Gasteiger charge is -2.30. The van der Waals surface area contributed by atoms with E-state index in [0.29, 0.717) is 13.0 Å². The van der Waals surface area contributed by atoms with Gasteiger partial charge in [-0.05, 0) is 31.0 Å². The first kappa shape index (κ1) is 19.8. The van der Waals surface area contributed by atoms with Crippen LogP contribution in [0, 0.1) is 0 Å². The molecular weight excluding hydrogens is 344 g/mol. The summed E-state index contributed by atoms with van der Waals surface area (Å²) >= 11 is 0. The van der Waals surface area contributed by atoms with Crippen LogP contribution < -0.4 is 14.8 Å². The van der Waals surface area contributed by atoms with Gasteiger partial charge >= 0.3 is 0 Å². The van der Waals surface area contributed by atoms with Crippen molar-refractivity contribution in [2.75, 3.05) is 40.5 Å². The summed E-state index contributed by atoms with van der Waals surface area (Å²) in [5.74, 6) is 1.76. The van der Waals surface area contributed by atoms with Crippen LogP contribution in [0.25, 0.3) is 0 Å². The molecule has 0 spiro atoms. The largest absolute Gasteiger partial charge is 0.497 e. The van der Waals surface area contributed by atoms with Gasteiger partial charge in [0.15, 0.2) is 0 Å². The van der Waals surface area contributed by atoms with Gasteiger partial charge in [-0.25, -0.2) is 0 Å². The van der Waals surface area contributed by atoms with E-state index in [1.807, 2.05) is 23.1 Å². The molecule has 1 amide bonds. The van der Waals surface area contributed by atoms with Gasteiger partial charge in [-0.1, -0.05) is 0 Å². The first-order valence-corrected chi connectivity index (χ1v) is 8.55. The molecule has 0 radical (unpaired) electrons. The Bertz CT molecular complexity index is 578. The maximum atomic E-state index is 12.8. The van der Waals surface area contributed by atoms with Gasteiger partial charge in [-0.2, -0.15) is 0 Å². The molecule has 0 aromatic heterocycles. The van der Waals surface area contributed by atoms with Gasteiger partial charge < -0.3 is 24.4 Å². The van der Waals surface area contributed by atoms with E-state index in [-0.39, 0.29) is 30.4 Å². The Morgan fingerprint density at radius 2 is 2.20 bits per heavy atom. The minimum absolute atomic E-state index is 0. The lowest BCUT2D eigenvalue weighted by molar-refractivity contribution is -0.133. The van der Waals surface area contributed by atoms with Crippen molar-refractivity contribution < 1.29 is 19.0 Å². The first-order valence-electron chi connectivity index (χ1n) is 8.55. The number of hydrogen-bond acceptors (Lipinski definition) is 5. The Morgan fingerprint density at radius 3 is 2.88 bits per heavy atom. The average Bonchev–Trinajstić information content (AvgIpc) is 3.11. The zero-order chi connectivity index (χ0) is 16.9. The second kappa shape index (κ2) is 9.27. The summed E-state index contributed by atoms with van der Waals surface area (Å²) in [6, 6.07) is 5.93. The molecular formula is C18H27ClN2O4. The number of nitrogens with zero attached hydrogens (tertiary/aromatic N) is 1. The normalized spacial score (nSPS) is 23.0. The van der Waals surface area contributed by atoms with Gasteiger partial charge in [0.05, 0.1) is 33.5 Å². The van der Waals surface area contributed by atoms with Crippen molar-refractivity contribution in [2.45, 2.75) is 31.3 Å². The summed E-state index contributed by atoms with van der Waals surface area (Å²) in [6.45, 7) is 2.92. The number of morpholine rings is 1. The van der Waals surface area contributed by atoms with Crippen LogP contribution in [0.5, 0.6) is 11.5 Å². The van der Waals surface area contributed by atoms with Gasteiger partial charge in [0.1, 0.15) is 11.5 Å². The van der Waals surface area contributed by atoms with E-state index in [1.165, 1.54) is 0 Å². The number of rotatable bonds is 5. The maximum absolute atomic E-state index is 12.8. The van der Waals surface area contributed by atoms with Crippen LogP contribution in [0.4, 0.5) is 0 Å². The van der Waals surface area contributed by atoms with Crippen LogP contribution in [0.15, 0.2) is 18.2 Å². The Kier molecular flexibility index (Phi) is 7.35. The van der Waals surface area contributed by atoms with Crippen LogP contribution in [-0.2, 0) is 9.53 Å². The SMILES string of the molecule is COc1ccc(OC)c(C2CCCN2C(=O)CC2COCCN2)c1.Cl. The lowest BCUT2D eigenvalue weighted by atomic mass is 10.0. The number of ether oxygens (including phenoxy) is 3. The molecule has 6 nitrogen and oxygen atoms in total. The predicted molar refractivity (Wildman–Crippen MR) is 97.7 cm³/mol. The number of methoxy groups -OCH3 is 2. The fraction of sp³-hybridized carbons (Fsp3) is 0.611. The topological polar surface area (TPSA) is 60.0 Å². The number of benzene rings is 1. The van der Waals surface area contributed by atoms with Gasteiger partial charge in [0.2, 0.25) is 5.91 Å². The molecule has 0 aliphatic carbocycles. The molecule has 0 saturated carbocycles. The van der Waals surface area contributed by atoms with Crippen molar-refractivity contribution in [1.29, 1.82) is 0 Å². The van der Waals surface area contributed by atoms with Crippen LogP contribution in [0.1, 0.15) is 30.9 Å². The summed E-state index contributed by atoms with van der Waals surface area (Å²) < 4.78 is 16.3. The van der Waals surface area contributed by atoms with E-state index in [9.17, 15) is 4.79 Å². The summed E-state index contributed by atoms with van der Waals surface area (Å²) in [4.78, 5) is 14.8. The van der Waals surface area contributed by atoms with Crippen molar-refractivity contribution in [3.8, 4) is 11.5 Å². The summed E-state index contributed by atoms with van der Waals surface area (Å²) in [5, 5.41) is 3.35. The molecule has 1 aromatic carbocycles. The Labute approximate surface area is 155 Å². The summed E-state index contributed by atoms with van der Waals surface area (Å²) in [6.07, 6.45) is 2.43. The van der Waals surface area contributed by atoms with Crippen LogP contribution in [-0.4, -0.2) is 57.4 Å². The summed E-state index contributed by atoms with van der Waals surface area (Å²) in [5.41, 5.74) is 1.02. The van der Waals surface area contributed by atoms with Crippen LogP contribution >= 0.6 is 12.4 Å². The first-order chi connectivity index (χ1) is 11.7. The van der Waals surface area contributed by atoms with E-state index < -0.39 is 0 Å². The average molecular weight is 371 g/mol. The molecule has 140 valence electrons. The molecule has 2 fully saturated rings. The van der Waals surface area contributed by atoms with Gasteiger partial charge in [0, 0.05) is 31.1 Å². The standard InChI is InChI=1S/C18H26N2O4.ClH/c1-22-14-5-6-17(23-2)15(11-14)16-4-3-8-20(16)18(21)10-13-12-24-9-7-19-13;/h5-6,11,13,16,19H,3-4,7-10,12H2,1-2H3;1H. The minimum atomic E-state index is 0. The molecule has 7 heteroatoms. The molecule has 2 aliphatic rings. The highest BCUT2D eigenvalue weighted by atomic mass is 35.5. The number of likely N-dealkylation sites (tertiary alicyclic amines) is 1. The fourth-order valence-corrected chi connectivity index (χ4v) is 3.57. The highest BCUT2D eigenvalue weighted by Crippen LogP contribution is 2.39. The van der Waals surface area contributed by atoms with Crippen molar-refractivity contribution in [3.05, 3.63) is 23.8 Å². The zero-order valence-electron chi connectivity index (χ0n) is 14.8. The zero-order valence-corrected chi connectivity index (χ0v) is 15.6. The van der Waals surface area contributed by atoms with Crippen molar-refractivity contribution in [2.24, 2.45) is 0 Å². The van der Waals surface area contributed by atoms with Crippen LogP contribution in [0.3, 0.4) is 0 Å². The molecule has 1 N–H and O–H groups in total. The number of halogens is 1. The van der Waals surface area contributed by atoms with Gasteiger partial charge in [-0.15, -0.1) is 12.4 Å². The minimum Gasteiger partial charge on any atom is -0.497 e. The molecule has 1 aromatic rings. The molecule has 2 atom stereocenters. The third kappa shape index (κ3) is 4.57. The highest BCUT2D eigenvalue weighted by molar-refractivity contribution is 5.85. The third-order valence-corrected chi connectivity index (χ3v) is 4.79. The van der Waals surface area contributed by atoms with E-state index in [1.54, 1.807) is 14.2 Å². The van der Waals surface area contributed by atoms with Crippen molar-refractivity contribution >= 4 is 18.3 Å². The predicted octanol–water partition coefficient (Wildman–Crippen LogP) is 2.17. The molecule has 0 bridgehead atoms. The van der Waals surface area contributed by atoms with Crippen molar-refractivity contribution in [1.82, 2.24) is 10.2 Å². The molecule has 25 heavy (non-hydrogen) atoms. The van der Waals surface area contributed by atoms with Gasteiger partial charge in [0.25, 0.3) is 0 Å². The number of nitrogens with one attached hydrogen (secondary N) is 1. The third-order valence-electron chi connectivity index (χ3n) is 4.79. The van der Waals surface area contributed by atoms with E-state index in [0.717, 1.165) is 49.6 Å². The Hall–Kier alpha value is -1.50. The number of hydrogen-bond donors (Lipinski definition) is 1. The fourth-order valence-electron chi connectivity index (χ4n) is 3.57. The molecule has 2 heterocycles. The number of carbonyl (C=O) groups excluding carboxylic acids is 1. The Balaban J connectivity index is 0.00000225. The maximum Gasteiger partial charge on any atom is 0.224 e. The van der Waals surface area contributed by atoms with Crippen molar-refractivity contribution in [3.63, 3.8) is 0 Å². The summed E-state index contributed by atoms with van der Waals surface area (Å²) in [7, 11) is 3.31. The number of amides is 1. The highest BCUT2D eigenvalue weighted by Gasteiger charge is 2.33. The lowest BCUT2D eigenvalue weighted by Crippen LogP contribution is -2.45. The van der Waals surface area contributed by atoms with Crippen LogP contribution in [0.2, 0.25) is 0 Å². The molecule has 2 saturated heterocycles. The molecule has 2 aliphatic heterocycles. The van der Waals surface area contributed by atoms with E-state index >= 15 is 0 Å². The second-order valence-corrected chi connectivity index (χ2v) is 6.28. The molecule has 2 unspecified atom stereocenters. The van der Waals surface area contributed by atoms with Gasteiger partial charge in [-0.3, -0.25) is 4.79 Å². The smallest absolute Gasteiger partial charge is 0.224 e. The quantitative estimate of drug-likeness (QED) is 0.860.